The lowest BCUT2D eigenvalue weighted by molar-refractivity contribution is -0.121. The molecule has 2 aromatic carbocycles. The van der Waals surface area contributed by atoms with Gasteiger partial charge >= 0.3 is 0 Å². The third-order valence-electron chi connectivity index (χ3n) is 3.71. The Balaban J connectivity index is 1.87. The van der Waals surface area contributed by atoms with Crippen LogP contribution in [0.1, 0.15) is 31.4 Å². The Labute approximate surface area is 164 Å². The van der Waals surface area contributed by atoms with Crippen molar-refractivity contribution in [2.24, 2.45) is 0 Å². The molecule has 0 unspecified atom stereocenters. The zero-order valence-corrected chi connectivity index (χ0v) is 16.7. The van der Waals surface area contributed by atoms with E-state index in [0.29, 0.717) is 40.9 Å². The summed E-state index contributed by atoms with van der Waals surface area (Å²) < 4.78 is 11.0. The number of aryl methyl sites for hydroxylation is 1. The predicted octanol–water partition coefficient (Wildman–Crippen LogP) is 5.04. The van der Waals surface area contributed by atoms with Crippen molar-refractivity contribution in [2.75, 3.05) is 7.11 Å². The van der Waals surface area contributed by atoms with Gasteiger partial charge in [0.15, 0.2) is 11.5 Å². The largest absolute Gasteiger partial charge is 0.493 e. The first kappa shape index (κ1) is 20.4. The molecule has 0 spiro atoms. The Morgan fingerprint density at radius 3 is 2.42 bits per heavy atom. The van der Waals surface area contributed by atoms with E-state index in [1.54, 1.807) is 19.2 Å². The van der Waals surface area contributed by atoms with E-state index in [4.69, 9.17) is 32.7 Å². The van der Waals surface area contributed by atoms with Gasteiger partial charge in [-0.2, -0.15) is 0 Å². The molecular weight excluding hydrogens is 373 g/mol. The first-order chi connectivity index (χ1) is 12.4. The van der Waals surface area contributed by atoms with Gasteiger partial charge in [0.2, 0.25) is 5.91 Å². The van der Waals surface area contributed by atoms with Crippen molar-refractivity contribution >= 4 is 29.1 Å². The summed E-state index contributed by atoms with van der Waals surface area (Å²) in [6.45, 7) is 4.35. The van der Waals surface area contributed by atoms with Crippen LogP contribution in [0.25, 0.3) is 0 Å². The standard InChI is InChI=1S/C20H23Cl2NO3/c1-13(2)26-18-8-5-15(11-19(18)25-3)12-23-20(24)9-6-14-4-7-16(21)17(22)10-14/h4-5,7-8,10-11,13H,6,9,12H2,1-3H3,(H,23,24). The molecule has 2 aromatic rings. The summed E-state index contributed by atoms with van der Waals surface area (Å²) in [5.41, 5.74) is 1.92. The number of rotatable bonds is 8. The minimum absolute atomic E-state index is 0.0300. The third-order valence-corrected chi connectivity index (χ3v) is 4.44. The number of amides is 1. The maximum absolute atomic E-state index is 12.1. The lowest BCUT2D eigenvalue weighted by Crippen LogP contribution is -2.23. The van der Waals surface area contributed by atoms with Crippen molar-refractivity contribution in [1.29, 1.82) is 0 Å². The summed E-state index contributed by atoms with van der Waals surface area (Å²) >= 11 is 11.9. The number of benzene rings is 2. The molecule has 2 rings (SSSR count). The van der Waals surface area contributed by atoms with Gasteiger partial charge in [0, 0.05) is 13.0 Å². The first-order valence-electron chi connectivity index (χ1n) is 8.43. The zero-order chi connectivity index (χ0) is 19.1. The second-order valence-electron chi connectivity index (χ2n) is 6.18. The number of carbonyl (C=O) groups excluding carboxylic acids is 1. The van der Waals surface area contributed by atoms with E-state index in [0.717, 1.165) is 11.1 Å². The second-order valence-corrected chi connectivity index (χ2v) is 6.99. The Hall–Kier alpha value is -1.91. The van der Waals surface area contributed by atoms with Gasteiger partial charge in [0.25, 0.3) is 0 Å². The van der Waals surface area contributed by atoms with Crippen molar-refractivity contribution in [1.82, 2.24) is 5.32 Å². The van der Waals surface area contributed by atoms with E-state index < -0.39 is 0 Å². The lowest BCUT2D eigenvalue weighted by Gasteiger charge is -2.14. The van der Waals surface area contributed by atoms with Gasteiger partial charge in [-0.3, -0.25) is 4.79 Å². The van der Waals surface area contributed by atoms with E-state index in [-0.39, 0.29) is 12.0 Å². The van der Waals surface area contributed by atoms with Crippen molar-refractivity contribution in [3.8, 4) is 11.5 Å². The predicted molar refractivity (Wildman–Crippen MR) is 105 cm³/mol. The fourth-order valence-corrected chi connectivity index (χ4v) is 2.74. The Morgan fingerprint density at radius 1 is 1.04 bits per heavy atom. The Bertz CT molecular complexity index is 763. The van der Waals surface area contributed by atoms with Crippen molar-refractivity contribution in [3.63, 3.8) is 0 Å². The second kappa shape index (κ2) is 9.70. The molecule has 26 heavy (non-hydrogen) atoms. The van der Waals surface area contributed by atoms with Crippen LogP contribution in [-0.2, 0) is 17.8 Å². The minimum atomic E-state index is -0.0300. The maximum Gasteiger partial charge on any atom is 0.220 e. The molecule has 0 radical (unpaired) electrons. The summed E-state index contributed by atoms with van der Waals surface area (Å²) in [6.07, 6.45) is 1.05. The Kier molecular flexibility index (Phi) is 7.61. The number of carbonyl (C=O) groups is 1. The SMILES string of the molecule is COc1cc(CNC(=O)CCc2ccc(Cl)c(Cl)c2)ccc1OC(C)C. The van der Waals surface area contributed by atoms with Gasteiger partial charge in [0.1, 0.15) is 0 Å². The molecule has 0 saturated heterocycles. The summed E-state index contributed by atoms with van der Waals surface area (Å²) in [7, 11) is 1.60. The monoisotopic (exact) mass is 395 g/mol. The average molecular weight is 396 g/mol. The highest BCUT2D eigenvalue weighted by molar-refractivity contribution is 6.42. The number of halogens is 2. The van der Waals surface area contributed by atoms with Crippen molar-refractivity contribution in [3.05, 3.63) is 57.6 Å². The van der Waals surface area contributed by atoms with E-state index in [2.05, 4.69) is 5.32 Å². The highest BCUT2D eigenvalue weighted by Gasteiger charge is 2.09. The van der Waals surface area contributed by atoms with Crippen LogP contribution in [0.4, 0.5) is 0 Å². The highest BCUT2D eigenvalue weighted by Crippen LogP contribution is 2.29. The third kappa shape index (κ3) is 6.11. The molecule has 140 valence electrons. The molecule has 0 aromatic heterocycles. The van der Waals surface area contributed by atoms with Gasteiger partial charge in [-0.15, -0.1) is 0 Å². The van der Waals surface area contributed by atoms with E-state index >= 15 is 0 Å². The van der Waals surface area contributed by atoms with Gasteiger partial charge in [-0.25, -0.2) is 0 Å². The molecule has 6 heteroatoms. The normalized spacial score (nSPS) is 10.7. The molecular formula is C20H23Cl2NO3. The molecule has 0 heterocycles. The summed E-state index contributed by atoms with van der Waals surface area (Å²) in [5, 5.41) is 3.93. The molecule has 0 aliphatic rings. The smallest absolute Gasteiger partial charge is 0.220 e. The molecule has 0 bridgehead atoms. The molecule has 0 fully saturated rings. The number of hydrogen-bond acceptors (Lipinski definition) is 3. The summed E-state index contributed by atoms with van der Waals surface area (Å²) in [6, 6.07) is 11.0. The molecule has 1 amide bonds. The van der Waals surface area contributed by atoms with Crippen LogP contribution in [0.2, 0.25) is 10.0 Å². The molecule has 0 saturated carbocycles. The first-order valence-corrected chi connectivity index (χ1v) is 9.19. The van der Waals surface area contributed by atoms with Gasteiger partial charge < -0.3 is 14.8 Å². The molecule has 0 aliphatic heterocycles. The lowest BCUT2D eigenvalue weighted by atomic mass is 10.1. The van der Waals surface area contributed by atoms with E-state index in [1.165, 1.54) is 0 Å². The van der Waals surface area contributed by atoms with Crippen LogP contribution < -0.4 is 14.8 Å². The van der Waals surface area contributed by atoms with Crippen LogP contribution in [0.15, 0.2) is 36.4 Å². The highest BCUT2D eigenvalue weighted by atomic mass is 35.5. The fourth-order valence-electron chi connectivity index (χ4n) is 2.42. The number of methoxy groups -OCH3 is 1. The zero-order valence-electron chi connectivity index (χ0n) is 15.1. The quantitative estimate of drug-likeness (QED) is 0.680. The van der Waals surface area contributed by atoms with Crippen LogP contribution in [0, 0.1) is 0 Å². The van der Waals surface area contributed by atoms with Crippen molar-refractivity contribution < 1.29 is 14.3 Å². The summed E-state index contributed by atoms with van der Waals surface area (Å²) in [5.74, 6) is 1.32. The number of ether oxygens (including phenoxy) is 2. The maximum atomic E-state index is 12.1. The van der Waals surface area contributed by atoms with Crippen LogP contribution in [0.5, 0.6) is 11.5 Å². The fraction of sp³-hybridized carbons (Fsp3) is 0.350. The topological polar surface area (TPSA) is 47.6 Å². The van der Waals surface area contributed by atoms with Gasteiger partial charge in [-0.05, 0) is 55.7 Å². The van der Waals surface area contributed by atoms with Crippen LogP contribution in [-0.4, -0.2) is 19.1 Å². The van der Waals surface area contributed by atoms with E-state index in [1.807, 2.05) is 38.1 Å². The average Bonchev–Trinajstić information content (AvgIpc) is 2.61. The molecule has 1 N–H and O–H groups in total. The van der Waals surface area contributed by atoms with Gasteiger partial charge in [0.05, 0.1) is 23.3 Å². The molecule has 0 atom stereocenters. The minimum Gasteiger partial charge on any atom is -0.493 e. The van der Waals surface area contributed by atoms with E-state index in [9.17, 15) is 4.79 Å². The molecule has 4 nitrogen and oxygen atoms in total. The van der Waals surface area contributed by atoms with Gasteiger partial charge in [-0.1, -0.05) is 35.3 Å². The van der Waals surface area contributed by atoms with Crippen LogP contribution in [0.3, 0.4) is 0 Å². The Morgan fingerprint density at radius 2 is 1.77 bits per heavy atom. The number of hydrogen-bond donors (Lipinski definition) is 1. The summed E-state index contributed by atoms with van der Waals surface area (Å²) in [4.78, 5) is 12.1. The van der Waals surface area contributed by atoms with Crippen LogP contribution >= 0.6 is 23.2 Å². The van der Waals surface area contributed by atoms with Crippen molar-refractivity contribution in [2.45, 2.75) is 39.3 Å². The molecule has 0 aliphatic carbocycles. The number of nitrogens with one attached hydrogen (secondary N) is 1.